The van der Waals surface area contributed by atoms with Crippen molar-refractivity contribution in [3.05, 3.63) is 42.7 Å². The van der Waals surface area contributed by atoms with Crippen LogP contribution in [0.4, 0.5) is 0 Å². The number of carbonyl (C=O) groups is 1. The molecule has 1 aromatic carbocycles. The van der Waals surface area contributed by atoms with Crippen LogP contribution in [0.15, 0.2) is 47.6 Å². The van der Waals surface area contributed by atoms with Crippen molar-refractivity contribution in [3.8, 4) is 0 Å². The molecule has 86 valence electrons. The number of carbonyl (C=O) groups excluding carboxylic acids is 1. The number of rotatable bonds is 6. The van der Waals surface area contributed by atoms with E-state index in [1.807, 2.05) is 30.3 Å². The lowest BCUT2D eigenvalue weighted by atomic mass is 10.4. The van der Waals surface area contributed by atoms with Crippen molar-refractivity contribution in [1.82, 2.24) is 0 Å². The Kier molecular flexibility index (Phi) is 5.50. The first kappa shape index (κ1) is 12.6. The Hall–Kier alpha value is -1.42. The largest absolute Gasteiger partial charge is 0.476 e. The molecule has 1 rings (SSSR count). The first-order chi connectivity index (χ1) is 7.74. The van der Waals surface area contributed by atoms with Crippen molar-refractivity contribution in [1.29, 1.82) is 0 Å². The van der Waals surface area contributed by atoms with Crippen molar-refractivity contribution < 1.29 is 14.3 Å². The topological polar surface area (TPSA) is 35.5 Å². The monoisotopic (exact) mass is 238 g/mol. The maximum absolute atomic E-state index is 11.1. The van der Waals surface area contributed by atoms with E-state index in [4.69, 9.17) is 9.47 Å². The summed E-state index contributed by atoms with van der Waals surface area (Å²) in [5.74, 6) is -0.108. The molecule has 0 aliphatic heterocycles. The van der Waals surface area contributed by atoms with E-state index in [0.29, 0.717) is 12.5 Å². The summed E-state index contributed by atoms with van der Waals surface area (Å²) in [4.78, 5) is 12.2. The molecule has 0 aliphatic rings. The van der Waals surface area contributed by atoms with Gasteiger partial charge in [0.05, 0.1) is 6.61 Å². The summed E-state index contributed by atoms with van der Waals surface area (Å²) in [6, 6.07) is 9.79. The Morgan fingerprint density at radius 3 is 2.62 bits per heavy atom. The molecule has 0 aliphatic carbocycles. The zero-order valence-electron chi connectivity index (χ0n) is 9.14. The molecule has 0 N–H and O–H groups in total. The second kappa shape index (κ2) is 6.95. The van der Waals surface area contributed by atoms with Gasteiger partial charge in [-0.3, -0.25) is 0 Å². The average Bonchev–Trinajstić information content (AvgIpc) is 2.30. The standard InChI is InChI=1S/C12H14O3S/c1-3-14-12(13)10(2)15-9-16-11-7-5-4-6-8-11/h4-8H,2-3,9H2,1H3. The van der Waals surface area contributed by atoms with Gasteiger partial charge in [-0.05, 0) is 25.6 Å². The molecule has 0 saturated heterocycles. The summed E-state index contributed by atoms with van der Waals surface area (Å²) < 4.78 is 9.89. The van der Waals surface area contributed by atoms with Crippen LogP contribution in [-0.2, 0) is 14.3 Å². The van der Waals surface area contributed by atoms with E-state index >= 15 is 0 Å². The van der Waals surface area contributed by atoms with Gasteiger partial charge in [-0.15, -0.1) is 0 Å². The molecule has 0 aromatic heterocycles. The van der Waals surface area contributed by atoms with Crippen LogP contribution in [0, 0.1) is 0 Å². The third-order valence-electron chi connectivity index (χ3n) is 1.71. The molecule has 0 unspecified atom stereocenters. The van der Waals surface area contributed by atoms with Crippen LogP contribution in [-0.4, -0.2) is 18.5 Å². The molecule has 1 aromatic rings. The Morgan fingerprint density at radius 1 is 1.31 bits per heavy atom. The summed E-state index contributed by atoms with van der Waals surface area (Å²) in [6.07, 6.45) is 0. The fraction of sp³-hybridized carbons (Fsp3) is 0.250. The Balaban J connectivity index is 2.26. The Labute approximate surface area is 99.4 Å². The Bertz CT molecular complexity index is 349. The highest BCUT2D eigenvalue weighted by molar-refractivity contribution is 7.99. The molecule has 0 amide bonds. The second-order valence-electron chi connectivity index (χ2n) is 2.86. The molecular weight excluding hydrogens is 224 g/mol. The van der Waals surface area contributed by atoms with E-state index in [1.54, 1.807) is 6.92 Å². The minimum absolute atomic E-state index is 0.0466. The quantitative estimate of drug-likeness (QED) is 0.251. The van der Waals surface area contributed by atoms with E-state index in [-0.39, 0.29) is 5.76 Å². The highest BCUT2D eigenvalue weighted by Crippen LogP contribution is 2.18. The molecule has 0 radical (unpaired) electrons. The minimum Gasteiger partial charge on any atom is -0.476 e. The van der Waals surface area contributed by atoms with Crippen LogP contribution < -0.4 is 0 Å². The van der Waals surface area contributed by atoms with Crippen molar-refractivity contribution in [2.75, 3.05) is 12.5 Å². The fourth-order valence-corrected chi connectivity index (χ4v) is 1.64. The highest BCUT2D eigenvalue weighted by atomic mass is 32.2. The number of esters is 1. The van der Waals surface area contributed by atoms with Crippen LogP contribution >= 0.6 is 11.8 Å². The smallest absolute Gasteiger partial charge is 0.372 e. The van der Waals surface area contributed by atoms with E-state index in [2.05, 4.69) is 6.58 Å². The summed E-state index contributed by atoms with van der Waals surface area (Å²) in [5, 5.41) is 0. The molecule has 0 spiro atoms. The average molecular weight is 238 g/mol. The summed E-state index contributed by atoms with van der Waals surface area (Å²) in [6.45, 7) is 5.56. The molecule has 16 heavy (non-hydrogen) atoms. The van der Waals surface area contributed by atoms with Gasteiger partial charge >= 0.3 is 5.97 Å². The van der Waals surface area contributed by atoms with Crippen LogP contribution in [0.3, 0.4) is 0 Å². The van der Waals surface area contributed by atoms with Gasteiger partial charge in [0.25, 0.3) is 0 Å². The lowest BCUT2D eigenvalue weighted by Gasteiger charge is -2.07. The third-order valence-corrected chi connectivity index (χ3v) is 2.55. The zero-order valence-corrected chi connectivity index (χ0v) is 9.96. The van der Waals surface area contributed by atoms with Gasteiger partial charge < -0.3 is 9.47 Å². The second-order valence-corrected chi connectivity index (χ2v) is 3.86. The third kappa shape index (κ3) is 4.40. The summed E-state index contributed by atoms with van der Waals surface area (Å²) >= 11 is 1.49. The first-order valence-electron chi connectivity index (χ1n) is 4.90. The van der Waals surface area contributed by atoms with Gasteiger partial charge in [0, 0.05) is 4.90 Å². The van der Waals surface area contributed by atoms with Crippen LogP contribution in [0.5, 0.6) is 0 Å². The summed E-state index contributed by atoms with van der Waals surface area (Å²) in [7, 11) is 0. The predicted octanol–water partition coefficient (Wildman–Crippen LogP) is 2.83. The van der Waals surface area contributed by atoms with Gasteiger partial charge in [-0.1, -0.05) is 30.0 Å². The van der Waals surface area contributed by atoms with E-state index in [1.165, 1.54) is 11.8 Å². The minimum atomic E-state index is -0.504. The van der Waals surface area contributed by atoms with Crippen molar-refractivity contribution in [3.63, 3.8) is 0 Å². The van der Waals surface area contributed by atoms with E-state index < -0.39 is 5.97 Å². The molecule has 0 bridgehead atoms. The van der Waals surface area contributed by atoms with Crippen LogP contribution in [0.2, 0.25) is 0 Å². The predicted molar refractivity (Wildman–Crippen MR) is 64.0 cm³/mol. The number of hydrogen-bond acceptors (Lipinski definition) is 4. The molecule has 4 heteroatoms. The molecule has 3 nitrogen and oxygen atoms in total. The molecule has 0 fully saturated rings. The number of thioether (sulfide) groups is 1. The van der Waals surface area contributed by atoms with Gasteiger partial charge in [0.2, 0.25) is 0 Å². The van der Waals surface area contributed by atoms with Crippen molar-refractivity contribution in [2.45, 2.75) is 11.8 Å². The first-order valence-corrected chi connectivity index (χ1v) is 5.89. The van der Waals surface area contributed by atoms with Crippen LogP contribution in [0.25, 0.3) is 0 Å². The van der Waals surface area contributed by atoms with E-state index in [0.717, 1.165) is 4.90 Å². The summed E-state index contributed by atoms with van der Waals surface area (Å²) in [5.41, 5.74) is 0. The maximum atomic E-state index is 11.1. The molecule has 0 saturated carbocycles. The zero-order chi connectivity index (χ0) is 11.8. The van der Waals surface area contributed by atoms with Crippen molar-refractivity contribution >= 4 is 17.7 Å². The normalized spacial score (nSPS) is 9.56. The Morgan fingerprint density at radius 2 is 2.00 bits per heavy atom. The van der Waals surface area contributed by atoms with Gasteiger partial charge in [-0.25, -0.2) is 4.79 Å². The molecular formula is C12H14O3S. The SMILES string of the molecule is C=C(OCSc1ccccc1)C(=O)OCC. The maximum Gasteiger partial charge on any atom is 0.372 e. The van der Waals surface area contributed by atoms with Crippen molar-refractivity contribution in [2.24, 2.45) is 0 Å². The lowest BCUT2D eigenvalue weighted by molar-refractivity contribution is -0.142. The number of ether oxygens (including phenoxy) is 2. The van der Waals surface area contributed by atoms with Gasteiger partial charge in [0.15, 0.2) is 5.76 Å². The highest BCUT2D eigenvalue weighted by Gasteiger charge is 2.08. The van der Waals surface area contributed by atoms with E-state index in [9.17, 15) is 4.79 Å². The van der Waals surface area contributed by atoms with Gasteiger partial charge in [-0.2, -0.15) is 0 Å². The van der Waals surface area contributed by atoms with Crippen LogP contribution in [0.1, 0.15) is 6.92 Å². The van der Waals surface area contributed by atoms with Gasteiger partial charge in [0.1, 0.15) is 5.94 Å². The fourth-order valence-electron chi connectivity index (χ4n) is 0.956. The number of hydrogen-bond donors (Lipinski definition) is 0. The molecule has 0 heterocycles. The molecule has 0 atom stereocenters. The lowest BCUT2D eigenvalue weighted by Crippen LogP contribution is -2.09. The number of benzene rings is 1.